The molecule has 0 saturated carbocycles. The summed E-state index contributed by atoms with van der Waals surface area (Å²) < 4.78 is 10.4. The van der Waals surface area contributed by atoms with Gasteiger partial charge in [-0.25, -0.2) is 4.79 Å². The van der Waals surface area contributed by atoms with Crippen LogP contribution < -0.4 is 4.74 Å². The number of rotatable bonds is 1. The smallest absolute Gasteiger partial charge is 0.341 e. The topological polar surface area (TPSA) is 35.5 Å². The molecule has 3 rings (SSSR count). The molecule has 3 heteroatoms. The highest BCUT2D eigenvalue weighted by atomic mass is 16.5. The minimum atomic E-state index is -0.420. The summed E-state index contributed by atoms with van der Waals surface area (Å²) in [5.41, 5.74) is 4.09. The first-order chi connectivity index (χ1) is 11.2. The highest BCUT2D eigenvalue weighted by molar-refractivity contribution is 5.94. The summed E-state index contributed by atoms with van der Waals surface area (Å²) in [5.74, 6) is 6.41. The van der Waals surface area contributed by atoms with E-state index in [-0.39, 0.29) is 0 Å². The molecule has 2 aromatic rings. The van der Waals surface area contributed by atoms with Gasteiger partial charge in [0.15, 0.2) is 0 Å². The van der Waals surface area contributed by atoms with Crippen LogP contribution in [0.1, 0.15) is 32.6 Å². The van der Waals surface area contributed by atoms with Gasteiger partial charge in [0.05, 0.1) is 7.11 Å². The van der Waals surface area contributed by atoms with E-state index in [2.05, 4.69) is 11.8 Å². The third kappa shape index (κ3) is 3.12. The second-order valence-electron chi connectivity index (χ2n) is 5.21. The van der Waals surface area contributed by atoms with Gasteiger partial charge in [-0.15, -0.1) is 0 Å². The van der Waals surface area contributed by atoms with Gasteiger partial charge >= 0.3 is 5.97 Å². The monoisotopic (exact) mass is 304 g/mol. The zero-order valence-corrected chi connectivity index (χ0v) is 13.1. The van der Waals surface area contributed by atoms with Gasteiger partial charge < -0.3 is 9.47 Å². The summed E-state index contributed by atoms with van der Waals surface area (Å²) in [6.07, 6.45) is 3.84. The Kier molecular flexibility index (Phi) is 4.16. The molecular formula is C20H16O3. The van der Waals surface area contributed by atoms with Crippen molar-refractivity contribution in [2.24, 2.45) is 0 Å². The minimum Gasteiger partial charge on any atom is -0.488 e. The van der Waals surface area contributed by atoms with E-state index in [4.69, 9.17) is 9.47 Å². The van der Waals surface area contributed by atoms with E-state index in [1.807, 2.05) is 49.4 Å². The maximum atomic E-state index is 12.0. The molecule has 0 unspecified atom stereocenters. The molecule has 3 nitrogen and oxygen atoms in total. The fourth-order valence-corrected chi connectivity index (χ4v) is 2.43. The number of carbonyl (C=O) groups excluding carboxylic acids is 1. The van der Waals surface area contributed by atoms with Crippen molar-refractivity contribution < 1.29 is 14.3 Å². The molecule has 1 heterocycles. The van der Waals surface area contributed by atoms with Gasteiger partial charge in [-0.2, -0.15) is 0 Å². The third-order valence-electron chi connectivity index (χ3n) is 3.63. The maximum absolute atomic E-state index is 12.0. The largest absolute Gasteiger partial charge is 0.488 e. The molecule has 0 fully saturated rings. The Morgan fingerprint density at radius 3 is 2.83 bits per heavy atom. The minimum absolute atomic E-state index is 0.406. The predicted molar refractivity (Wildman–Crippen MR) is 89.5 cm³/mol. The number of benzene rings is 2. The second-order valence-corrected chi connectivity index (χ2v) is 5.21. The molecule has 0 aliphatic carbocycles. The van der Waals surface area contributed by atoms with E-state index < -0.39 is 5.97 Å². The van der Waals surface area contributed by atoms with Crippen LogP contribution in [0.5, 0.6) is 5.75 Å². The molecular weight excluding hydrogens is 288 g/mol. The number of esters is 1. The summed E-state index contributed by atoms with van der Waals surface area (Å²) >= 11 is 0. The number of hydrogen-bond acceptors (Lipinski definition) is 3. The van der Waals surface area contributed by atoms with E-state index in [0.29, 0.717) is 17.9 Å². The van der Waals surface area contributed by atoms with E-state index >= 15 is 0 Å². The highest BCUT2D eigenvalue weighted by Gasteiger charge is 2.19. The van der Waals surface area contributed by atoms with Gasteiger partial charge in [-0.05, 0) is 36.8 Å². The van der Waals surface area contributed by atoms with E-state index in [1.165, 1.54) is 7.11 Å². The maximum Gasteiger partial charge on any atom is 0.341 e. The fourth-order valence-electron chi connectivity index (χ4n) is 2.43. The zero-order valence-electron chi connectivity index (χ0n) is 13.1. The van der Waals surface area contributed by atoms with Gasteiger partial charge in [0.1, 0.15) is 17.9 Å². The van der Waals surface area contributed by atoms with Gasteiger partial charge in [0.25, 0.3) is 0 Å². The molecule has 0 bridgehead atoms. The quantitative estimate of drug-likeness (QED) is 0.596. The van der Waals surface area contributed by atoms with Crippen LogP contribution in [0, 0.1) is 18.8 Å². The average Bonchev–Trinajstić information content (AvgIpc) is 2.59. The molecule has 0 saturated heterocycles. The van der Waals surface area contributed by atoms with Crippen LogP contribution in [0.15, 0.2) is 42.5 Å². The summed E-state index contributed by atoms with van der Waals surface area (Å²) in [5, 5.41) is 0. The van der Waals surface area contributed by atoms with Crippen molar-refractivity contribution in [1.29, 1.82) is 0 Å². The van der Waals surface area contributed by atoms with Crippen molar-refractivity contribution in [2.45, 2.75) is 6.92 Å². The Balaban J connectivity index is 2.07. The van der Waals surface area contributed by atoms with Crippen molar-refractivity contribution in [1.82, 2.24) is 0 Å². The molecule has 0 atom stereocenters. The number of aryl methyl sites for hydroxylation is 1. The summed E-state index contributed by atoms with van der Waals surface area (Å²) in [6.45, 7) is 2.47. The van der Waals surface area contributed by atoms with Gasteiger partial charge in [-0.3, -0.25) is 0 Å². The summed E-state index contributed by atoms with van der Waals surface area (Å²) in [6, 6.07) is 11.6. The van der Waals surface area contributed by atoms with Crippen LogP contribution in [-0.2, 0) is 4.74 Å². The predicted octanol–water partition coefficient (Wildman–Crippen LogP) is 3.59. The van der Waals surface area contributed by atoms with Gasteiger partial charge in [0.2, 0.25) is 0 Å². The molecule has 1 aliphatic heterocycles. The van der Waals surface area contributed by atoms with Crippen LogP contribution in [-0.4, -0.2) is 19.7 Å². The highest BCUT2D eigenvalue weighted by Crippen LogP contribution is 2.30. The molecule has 1 aliphatic rings. The first-order valence-corrected chi connectivity index (χ1v) is 7.32. The fraction of sp³-hybridized carbons (Fsp3) is 0.150. The average molecular weight is 304 g/mol. The zero-order chi connectivity index (χ0) is 16.2. The van der Waals surface area contributed by atoms with Gasteiger partial charge in [-0.1, -0.05) is 36.1 Å². The Bertz CT molecular complexity index is 851. The molecule has 0 radical (unpaired) electrons. The first-order valence-electron chi connectivity index (χ1n) is 7.32. The Hall–Kier alpha value is -2.99. The number of carbonyl (C=O) groups is 1. The van der Waals surface area contributed by atoms with Crippen LogP contribution in [0.3, 0.4) is 0 Å². The normalized spacial score (nSPS) is 11.7. The van der Waals surface area contributed by atoms with Crippen molar-refractivity contribution in [3.63, 3.8) is 0 Å². The molecule has 0 amide bonds. The van der Waals surface area contributed by atoms with Crippen LogP contribution >= 0.6 is 0 Å². The molecule has 0 aromatic heterocycles. The lowest BCUT2D eigenvalue weighted by atomic mass is 10.0. The lowest BCUT2D eigenvalue weighted by Crippen LogP contribution is -2.10. The van der Waals surface area contributed by atoms with Crippen LogP contribution in [0.4, 0.5) is 0 Å². The number of hydrogen-bond donors (Lipinski definition) is 0. The Morgan fingerprint density at radius 2 is 2.04 bits per heavy atom. The van der Waals surface area contributed by atoms with E-state index in [9.17, 15) is 4.79 Å². The molecule has 23 heavy (non-hydrogen) atoms. The SMILES string of the molecule is COC(=O)c1cc(C#Cc2ccccc2C)cc2c1OCC=C2. The second kappa shape index (κ2) is 6.41. The Labute approximate surface area is 135 Å². The van der Waals surface area contributed by atoms with Crippen molar-refractivity contribution in [3.8, 4) is 17.6 Å². The Morgan fingerprint density at radius 1 is 1.22 bits per heavy atom. The van der Waals surface area contributed by atoms with E-state index in [1.54, 1.807) is 6.07 Å². The van der Waals surface area contributed by atoms with E-state index in [0.717, 1.165) is 22.3 Å². The number of methoxy groups -OCH3 is 1. The molecule has 0 N–H and O–H groups in total. The first kappa shape index (κ1) is 14.9. The standard InChI is InChI=1S/C20H16O3/c1-14-6-3-4-7-16(14)10-9-15-12-17-8-5-11-23-19(17)18(13-15)20(21)22-2/h3-8,12-13H,11H2,1-2H3. The summed E-state index contributed by atoms with van der Waals surface area (Å²) in [4.78, 5) is 12.0. The van der Waals surface area contributed by atoms with Crippen LogP contribution in [0.2, 0.25) is 0 Å². The van der Waals surface area contributed by atoms with Crippen molar-refractivity contribution in [3.05, 3.63) is 70.3 Å². The summed E-state index contributed by atoms with van der Waals surface area (Å²) in [7, 11) is 1.36. The number of ether oxygens (including phenoxy) is 2. The molecule has 114 valence electrons. The van der Waals surface area contributed by atoms with Crippen molar-refractivity contribution in [2.75, 3.05) is 13.7 Å². The van der Waals surface area contributed by atoms with Crippen LogP contribution in [0.25, 0.3) is 6.08 Å². The van der Waals surface area contributed by atoms with Crippen molar-refractivity contribution >= 4 is 12.0 Å². The molecule has 0 spiro atoms. The van der Waals surface area contributed by atoms with Gasteiger partial charge in [0, 0.05) is 16.7 Å². The number of fused-ring (bicyclic) bond motifs is 1. The lowest BCUT2D eigenvalue weighted by Gasteiger charge is -2.16. The third-order valence-corrected chi connectivity index (χ3v) is 3.63. The molecule has 2 aromatic carbocycles. The lowest BCUT2D eigenvalue weighted by molar-refractivity contribution is 0.0596.